The quantitative estimate of drug-likeness (QED) is 0.776. The van der Waals surface area contributed by atoms with Crippen LogP contribution in [-0.4, -0.2) is 31.3 Å². The standard InChI is InChI=1S/C18H23NO5/c1-12-10-16(13(2)24-12)17(20)8-9-19-18(21)11-23-15-6-4-14(22-3)5-7-15/h4-7,10,17,20H,8-9,11H2,1-3H3,(H,19,21). The number of furan rings is 1. The lowest BCUT2D eigenvalue weighted by Crippen LogP contribution is -2.30. The molecule has 0 saturated carbocycles. The summed E-state index contributed by atoms with van der Waals surface area (Å²) >= 11 is 0. The first kappa shape index (κ1) is 17.9. The van der Waals surface area contributed by atoms with E-state index in [9.17, 15) is 9.90 Å². The molecule has 2 rings (SSSR count). The number of hydrogen-bond acceptors (Lipinski definition) is 5. The van der Waals surface area contributed by atoms with Crippen molar-refractivity contribution in [2.45, 2.75) is 26.4 Å². The van der Waals surface area contributed by atoms with Gasteiger partial charge in [0.1, 0.15) is 23.0 Å². The third-order valence-electron chi connectivity index (χ3n) is 3.61. The minimum atomic E-state index is -0.662. The van der Waals surface area contributed by atoms with Crippen molar-refractivity contribution in [3.05, 3.63) is 47.4 Å². The molecule has 0 radical (unpaired) electrons. The van der Waals surface area contributed by atoms with Crippen LogP contribution in [0.25, 0.3) is 0 Å². The molecule has 0 bridgehead atoms. The number of rotatable bonds is 8. The summed E-state index contributed by atoms with van der Waals surface area (Å²) in [6.45, 7) is 3.93. The van der Waals surface area contributed by atoms with Gasteiger partial charge in [-0.25, -0.2) is 0 Å². The molecule has 1 unspecified atom stereocenters. The molecule has 130 valence electrons. The van der Waals surface area contributed by atoms with E-state index in [1.165, 1.54) is 0 Å². The minimum Gasteiger partial charge on any atom is -0.497 e. The number of amides is 1. The number of carbonyl (C=O) groups excluding carboxylic acids is 1. The maximum Gasteiger partial charge on any atom is 0.257 e. The highest BCUT2D eigenvalue weighted by Gasteiger charge is 2.14. The fourth-order valence-electron chi connectivity index (χ4n) is 2.36. The van der Waals surface area contributed by atoms with E-state index in [4.69, 9.17) is 13.9 Å². The lowest BCUT2D eigenvalue weighted by atomic mass is 10.1. The van der Waals surface area contributed by atoms with E-state index >= 15 is 0 Å². The van der Waals surface area contributed by atoms with Gasteiger partial charge in [0, 0.05) is 12.1 Å². The van der Waals surface area contributed by atoms with Gasteiger partial charge in [0.25, 0.3) is 5.91 Å². The highest BCUT2D eigenvalue weighted by atomic mass is 16.5. The SMILES string of the molecule is COc1ccc(OCC(=O)NCCC(O)c2cc(C)oc2C)cc1. The topological polar surface area (TPSA) is 80.9 Å². The van der Waals surface area contributed by atoms with Crippen LogP contribution in [0.2, 0.25) is 0 Å². The van der Waals surface area contributed by atoms with Gasteiger partial charge in [0.2, 0.25) is 0 Å². The average molecular weight is 333 g/mol. The van der Waals surface area contributed by atoms with Gasteiger partial charge in [-0.1, -0.05) is 0 Å². The van der Waals surface area contributed by atoms with Gasteiger partial charge in [-0.05, 0) is 50.6 Å². The second-order valence-corrected chi connectivity index (χ2v) is 5.49. The number of aliphatic hydroxyl groups is 1. The van der Waals surface area contributed by atoms with Crippen LogP contribution in [0.5, 0.6) is 11.5 Å². The first-order valence-electron chi connectivity index (χ1n) is 7.78. The Morgan fingerprint density at radius 1 is 1.25 bits per heavy atom. The molecule has 0 saturated heterocycles. The van der Waals surface area contributed by atoms with E-state index in [-0.39, 0.29) is 12.5 Å². The normalized spacial score (nSPS) is 11.8. The first-order valence-corrected chi connectivity index (χ1v) is 7.78. The zero-order valence-electron chi connectivity index (χ0n) is 14.2. The number of hydrogen-bond donors (Lipinski definition) is 2. The summed E-state index contributed by atoms with van der Waals surface area (Å²) in [4.78, 5) is 11.8. The van der Waals surface area contributed by atoms with Crippen molar-refractivity contribution in [1.82, 2.24) is 5.32 Å². The van der Waals surface area contributed by atoms with E-state index in [0.717, 1.165) is 17.1 Å². The van der Waals surface area contributed by atoms with E-state index < -0.39 is 6.10 Å². The Morgan fingerprint density at radius 3 is 2.50 bits per heavy atom. The number of aliphatic hydroxyl groups excluding tert-OH is 1. The van der Waals surface area contributed by atoms with Crippen molar-refractivity contribution in [2.24, 2.45) is 0 Å². The monoisotopic (exact) mass is 333 g/mol. The largest absolute Gasteiger partial charge is 0.497 e. The lowest BCUT2D eigenvalue weighted by Gasteiger charge is -2.11. The van der Waals surface area contributed by atoms with Crippen LogP contribution in [0.4, 0.5) is 0 Å². The molecule has 2 N–H and O–H groups in total. The fraction of sp³-hybridized carbons (Fsp3) is 0.389. The second kappa shape index (κ2) is 8.40. The van der Waals surface area contributed by atoms with Crippen molar-refractivity contribution in [3.63, 3.8) is 0 Å². The zero-order chi connectivity index (χ0) is 17.5. The van der Waals surface area contributed by atoms with Gasteiger partial charge in [0.15, 0.2) is 6.61 Å². The molecule has 1 atom stereocenters. The molecule has 1 aromatic heterocycles. The van der Waals surface area contributed by atoms with Crippen molar-refractivity contribution < 1.29 is 23.8 Å². The summed E-state index contributed by atoms with van der Waals surface area (Å²) in [6.07, 6.45) is -0.251. The summed E-state index contributed by atoms with van der Waals surface area (Å²) < 4.78 is 15.8. The molecule has 0 aliphatic carbocycles. The van der Waals surface area contributed by atoms with Crippen LogP contribution in [0.1, 0.15) is 29.6 Å². The van der Waals surface area contributed by atoms with Crippen LogP contribution in [-0.2, 0) is 4.79 Å². The number of nitrogens with one attached hydrogen (secondary N) is 1. The second-order valence-electron chi connectivity index (χ2n) is 5.49. The Morgan fingerprint density at radius 2 is 1.92 bits per heavy atom. The van der Waals surface area contributed by atoms with Crippen molar-refractivity contribution >= 4 is 5.91 Å². The first-order chi connectivity index (χ1) is 11.5. The van der Waals surface area contributed by atoms with Crippen LogP contribution in [0.15, 0.2) is 34.7 Å². The predicted molar refractivity (Wildman–Crippen MR) is 89.3 cm³/mol. The molecule has 0 aliphatic heterocycles. The maximum atomic E-state index is 11.8. The summed E-state index contributed by atoms with van der Waals surface area (Å²) in [5.41, 5.74) is 0.760. The van der Waals surface area contributed by atoms with Crippen molar-refractivity contribution in [2.75, 3.05) is 20.3 Å². The Bertz CT molecular complexity index is 663. The predicted octanol–water partition coefficient (Wildman–Crippen LogP) is 2.52. The average Bonchev–Trinajstić information content (AvgIpc) is 2.92. The summed E-state index contributed by atoms with van der Waals surface area (Å²) in [5.74, 6) is 2.55. The Labute approximate surface area is 141 Å². The number of aryl methyl sites for hydroxylation is 2. The highest BCUT2D eigenvalue weighted by molar-refractivity contribution is 5.77. The summed E-state index contributed by atoms with van der Waals surface area (Å²) in [7, 11) is 1.59. The van der Waals surface area contributed by atoms with Gasteiger partial charge in [-0.2, -0.15) is 0 Å². The van der Waals surface area contributed by atoms with Gasteiger partial charge in [-0.3, -0.25) is 4.79 Å². The van der Waals surface area contributed by atoms with Crippen LogP contribution < -0.4 is 14.8 Å². The number of benzene rings is 1. The smallest absolute Gasteiger partial charge is 0.257 e. The van der Waals surface area contributed by atoms with Crippen molar-refractivity contribution in [3.8, 4) is 11.5 Å². The Kier molecular flexibility index (Phi) is 6.26. The molecule has 1 aromatic carbocycles. The van der Waals surface area contributed by atoms with Crippen LogP contribution in [0.3, 0.4) is 0 Å². The maximum absolute atomic E-state index is 11.8. The van der Waals surface area contributed by atoms with Gasteiger partial charge >= 0.3 is 0 Å². The zero-order valence-corrected chi connectivity index (χ0v) is 14.2. The summed E-state index contributed by atoms with van der Waals surface area (Å²) in [5, 5.41) is 12.9. The molecule has 0 spiro atoms. The number of methoxy groups -OCH3 is 1. The molecule has 0 fully saturated rings. The van der Waals surface area contributed by atoms with Gasteiger partial charge in [-0.15, -0.1) is 0 Å². The third-order valence-corrected chi connectivity index (χ3v) is 3.61. The van der Waals surface area contributed by atoms with Crippen molar-refractivity contribution in [1.29, 1.82) is 0 Å². The van der Waals surface area contributed by atoms with Gasteiger partial charge in [0.05, 0.1) is 13.2 Å². The molecule has 2 aromatic rings. The number of ether oxygens (including phenoxy) is 2. The Balaban J connectivity index is 1.70. The molecule has 24 heavy (non-hydrogen) atoms. The fourth-order valence-corrected chi connectivity index (χ4v) is 2.36. The molecule has 0 aliphatic rings. The molecule has 6 nitrogen and oxygen atoms in total. The molecule has 1 heterocycles. The summed E-state index contributed by atoms with van der Waals surface area (Å²) in [6, 6.07) is 8.81. The van der Waals surface area contributed by atoms with E-state index in [1.807, 2.05) is 19.9 Å². The molecular weight excluding hydrogens is 310 g/mol. The van der Waals surface area contributed by atoms with E-state index in [0.29, 0.717) is 24.5 Å². The van der Waals surface area contributed by atoms with E-state index in [2.05, 4.69) is 5.32 Å². The molecule has 1 amide bonds. The van der Waals surface area contributed by atoms with E-state index in [1.54, 1.807) is 31.4 Å². The number of carbonyl (C=O) groups is 1. The van der Waals surface area contributed by atoms with Crippen LogP contribution >= 0.6 is 0 Å². The highest BCUT2D eigenvalue weighted by Crippen LogP contribution is 2.23. The minimum absolute atomic E-state index is 0.0771. The third kappa shape index (κ3) is 5.03. The molecule has 6 heteroatoms. The van der Waals surface area contributed by atoms with Gasteiger partial charge < -0.3 is 24.3 Å². The molecular formula is C18H23NO5. The lowest BCUT2D eigenvalue weighted by molar-refractivity contribution is -0.123. The Hall–Kier alpha value is -2.47. The van der Waals surface area contributed by atoms with Crippen LogP contribution in [0, 0.1) is 13.8 Å².